The molecule has 0 atom stereocenters. The molecule has 1 aromatic heterocycles. The van der Waals surface area contributed by atoms with Gasteiger partial charge in [-0.05, 0) is 53.9 Å². The molecule has 0 saturated carbocycles. The lowest BCUT2D eigenvalue weighted by atomic mass is 9.94. The summed E-state index contributed by atoms with van der Waals surface area (Å²) in [5.41, 5.74) is 1.30. The predicted octanol–water partition coefficient (Wildman–Crippen LogP) is 2.41. The van der Waals surface area contributed by atoms with Crippen LogP contribution in [0, 0.1) is 0 Å². The molecule has 1 aromatic rings. The van der Waals surface area contributed by atoms with Crippen LogP contribution < -0.4 is 5.32 Å². The van der Waals surface area contributed by atoms with E-state index in [-0.39, 0.29) is 5.54 Å². The second-order valence-electron chi connectivity index (χ2n) is 5.53. The Kier molecular flexibility index (Phi) is 3.85. The predicted molar refractivity (Wildman–Crippen MR) is 73.7 cm³/mol. The molecule has 2 rings (SSSR count). The molecule has 0 spiro atoms. The SMILES string of the molecule is CNC(C)(C)c1nc(C2CCN(C)CC2)cs1. The van der Waals surface area contributed by atoms with Crippen LogP contribution in [0.5, 0.6) is 0 Å². The van der Waals surface area contributed by atoms with E-state index in [1.807, 2.05) is 7.05 Å². The molecule has 0 aromatic carbocycles. The minimum Gasteiger partial charge on any atom is -0.309 e. The largest absolute Gasteiger partial charge is 0.309 e. The van der Waals surface area contributed by atoms with Crippen LogP contribution in [0.25, 0.3) is 0 Å². The summed E-state index contributed by atoms with van der Waals surface area (Å²) in [7, 11) is 4.20. The van der Waals surface area contributed by atoms with Crippen molar-refractivity contribution in [1.29, 1.82) is 0 Å². The van der Waals surface area contributed by atoms with Crippen molar-refractivity contribution in [3.05, 3.63) is 16.1 Å². The normalized spacial score (nSPS) is 19.8. The molecule has 0 bridgehead atoms. The Hall–Kier alpha value is -0.450. The smallest absolute Gasteiger partial charge is 0.112 e. The van der Waals surface area contributed by atoms with E-state index in [0.717, 1.165) is 0 Å². The van der Waals surface area contributed by atoms with Crippen molar-refractivity contribution >= 4 is 11.3 Å². The van der Waals surface area contributed by atoms with E-state index < -0.39 is 0 Å². The zero-order chi connectivity index (χ0) is 12.5. The molecular weight excluding hydrogens is 230 g/mol. The molecule has 0 amide bonds. The average molecular weight is 253 g/mol. The van der Waals surface area contributed by atoms with Crippen molar-refractivity contribution in [2.24, 2.45) is 0 Å². The number of thiazole rings is 1. The van der Waals surface area contributed by atoms with Crippen LogP contribution in [0.3, 0.4) is 0 Å². The summed E-state index contributed by atoms with van der Waals surface area (Å²) in [6.07, 6.45) is 2.50. The van der Waals surface area contributed by atoms with E-state index >= 15 is 0 Å². The Labute approximate surface area is 108 Å². The number of aromatic nitrogens is 1. The Morgan fingerprint density at radius 1 is 1.41 bits per heavy atom. The third-order valence-electron chi connectivity index (χ3n) is 3.82. The van der Waals surface area contributed by atoms with Crippen LogP contribution in [0.2, 0.25) is 0 Å². The number of hydrogen-bond acceptors (Lipinski definition) is 4. The lowest BCUT2D eigenvalue weighted by molar-refractivity contribution is 0.253. The van der Waals surface area contributed by atoms with Gasteiger partial charge in [0.1, 0.15) is 5.01 Å². The fourth-order valence-electron chi connectivity index (χ4n) is 2.17. The fourth-order valence-corrected chi connectivity index (χ4v) is 3.20. The van der Waals surface area contributed by atoms with E-state index in [9.17, 15) is 0 Å². The van der Waals surface area contributed by atoms with Gasteiger partial charge in [-0.3, -0.25) is 0 Å². The first kappa shape index (κ1) is 13.0. The Morgan fingerprint density at radius 2 is 2.06 bits per heavy atom. The van der Waals surface area contributed by atoms with Gasteiger partial charge in [-0.25, -0.2) is 4.98 Å². The van der Waals surface area contributed by atoms with Gasteiger partial charge in [0, 0.05) is 11.3 Å². The first-order chi connectivity index (χ1) is 8.03. The number of likely N-dealkylation sites (tertiary alicyclic amines) is 1. The molecule has 96 valence electrons. The third-order valence-corrected chi connectivity index (χ3v) is 5.00. The summed E-state index contributed by atoms with van der Waals surface area (Å²) >= 11 is 1.79. The van der Waals surface area contributed by atoms with Gasteiger partial charge in [0.15, 0.2) is 0 Å². The van der Waals surface area contributed by atoms with E-state index in [1.165, 1.54) is 36.6 Å². The minimum atomic E-state index is -0.00558. The first-order valence-corrected chi connectivity index (χ1v) is 7.24. The molecule has 2 heterocycles. The van der Waals surface area contributed by atoms with Gasteiger partial charge in [-0.2, -0.15) is 0 Å². The maximum absolute atomic E-state index is 4.84. The third kappa shape index (κ3) is 2.87. The van der Waals surface area contributed by atoms with Gasteiger partial charge >= 0.3 is 0 Å². The molecule has 17 heavy (non-hydrogen) atoms. The molecule has 1 fully saturated rings. The fraction of sp³-hybridized carbons (Fsp3) is 0.769. The van der Waals surface area contributed by atoms with E-state index in [1.54, 1.807) is 11.3 Å². The van der Waals surface area contributed by atoms with Gasteiger partial charge in [0.25, 0.3) is 0 Å². The monoisotopic (exact) mass is 253 g/mol. The lowest BCUT2D eigenvalue weighted by Gasteiger charge is -2.28. The van der Waals surface area contributed by atoms with Crippen LogP contribution >= 0.6 is 11.3 Å². The van der Waals surface area contributed by atoms with Crippen LogP contribution in [-0.4, -0.2) is 37.1 Å². The van der Waals surface area contributed by atoms with Gasteiger partial charge in [0.2, 0.25) is 0 Å². The van der Waals surface area contributed by atoms with Crippen LogP contribution in [0.4, 0.5) is 0 Å². The first-order valence-electron chi connectivity index (χ1n) is 6.36. The van der Waals surface area contributed by atoms with Gasteiger partial charge in [-0.15, -0.1) is 11.3 Å². The lowest BCUT2D eigenvalue weighted by Crippen LogP contribution is -2.33. The standard InChI is InChI=1S/C13H23N3S/c1-13(2,14-3)12-15-11(9-17-12)10-5-7-16(4)8-6-10/h9-10,14H,5-8H2,1-4H3. The maximum Gasteiger partial charge on any atom is 0.112 e. The highest BCUT2D eigenvalue weighted by atomic mass is 32.1. The Morgan fingerprint density at radius 3 is 2.65 bits per heavy atom. The number of piperidine rings is 1. The molecule has 1 aliphatic rings. The molecule has 0 aliphatic carbocycles. The van der Waals surface area contributed by atoms with Crippen molar-refractivity contribution in [3.63, 3.8) is 0 Å². The number of nitrogens with zero attached hydrogens (tertiary/aromatic N) is 2. The molecule has 0 unspecified atom stereocenters. The van der Waals surface area contributed by atoms with E-state index in [4.69, 9.17) is 4.98 Å². The van der Waals surface area contributed by atoms with Gasteiger partial charge in [-0.1, -0.05) is 0 Å². The van der Waals surface area contributed by atoms with Crippen molar-refractivity contribution < 1.29 is 0 Å². The number of rotatable bonds is 3. The Bertz CT molecular complexity index is 364. The van der Waals surface area contributed by atoms with Gasteiger partial charge < -0.3 is 10.2 Å². The second-order valence-corrected chi connectivity index (χ2v) is 6.39. The molecule has 4 heteroatoms. The maximum atomic E-state index is 4.84. The topological polar surface area (TPSA) is 28.2 Å². The van der Waals surface area contributed by atoms with Crippen molar-refractivity contribution in [2.75, 3.05) is 27.2 Å². The molecule has 3 nitrogen and oxygen atoms in total. The summed E-state index contributed by atoms with van der Waals surface area (Å²) in [5.74, 6) is 0.670. The van der Waals surface area contributed by atoms with Crippen molar-refractivity contribution in [2.45, 2.75) is 38.1 Å². The van der Waals surface area contributed by atoms with Crippen LogP contribution in [0.1, 0.15) is 43.3 Å². The summed E-state index contributed by atoms with van der Waals surface area (Å²) in [6, 6.07) is 0. The van der Waals surface area contributed by atoms with E-state index in [0.29, 0.717) is 5.92 Å². The minimum absolute atomic E-state index is 0.00558. The molecule has 1 N–H and O–H groups in total. The van der Waals surface area contributed by atoms with Crippen LogP contribution in [0.15, 0.2) is 5.38 Å². The number of hydrogen-bond donors (Lipinski definition) is 1. The molecule has 1 aliphatic heterocycles. The summed E-state index contributed by atoms with van der Waals surface area (Å²) in [4.78, 5) is 7.24. The quantitative estimate of drug-likeness (QED) is 0.896. The molecular formula is C13H23N3S. The highest BCUT2D eigenvalue weighted by molar-refractivity contribution is 7.09. The van der Waals surface area contributed by atoms with E-state index in [2.05, 4.69) is 36.5 Å². The Balaban J connectivity index is 2.08. The zero-order valence-electron chi connectivity index (χ0n) is 11.3. The van der Waals surface area contributed by atoms with Crippen molar-refractivity contribution in [3.8, 4) is 0 Å². The molecule has 0 radical (unpaired) electrons. The summed E-state index contributed by atoms with van der Waals surface area (Å²) in [5, 5.41) is 6.78. The molecule has 1 saturated heterocycles. The zero-order valence-corrected chi connectivity index (χ0v) is 12.1. The highest BCUT2D eigenvalue weighted by Crippen LogP contribution is 2.31. The average Bonchev–Trinajstić information content (AvgIpc) is 2.80. The number of nitrogens with one attached hydrogen (secondary N) is 1. The summed E-state index contributed by atoms with van der Waals surface area (Å²) < 4.78 is 0. The summed E-state index contributed by atoms with van der Waals surface area (Å²) in [6.45, 7) is 6.77. The van der Waals surface area contributed by atoms with Crippen molar-refractivity contribution in [1.82, 2.24) is 15.2 Å². The second kappa shape index (κ2) is 5.04. The highest BCUT2D eigenvalue weighted by Gasteiger charge is 2.25. The van der Waals surface area contributed by atoms with Gasteiger partial charge in [0.05, 0.1) is 11.2 Å². The van der Waals surface area contributed by atoms with Crippen LogP contribution in [-0.2, 0) is 5.54 Å².